The summed E-state index contributed by atoms with van der Waals surface area (Å²) in [6, 6.07) is 2.19. The molecule has 0 spiro atoms. The molecule has 1 N–H and O–H groups in total. The van der Waals surface area contributed by atoms with Crippen LogP contribution in [0.25, 0.3) is 0 Å². The largest absolute Gasteiger partial charge is 0.311 e. The monoisotopic (exact) mass is 221 g/mol. The van der Waals surface area contributed by atoms with Gasteiger partial charge in [-0.15, -0.1) is 0 Å². The van der Waals surface area contributed by atoms with Crippen molar-refractivity contribution in [2.45, 2.75) is 45.6 Å². The Balaban J connectivity index is 2.03. The first-order valence-corrected chi connectivity index (χ1v) is 6.06. The maximum absolute atomic E-state index is 11.8. The summed E-state index contributed by atoms with van der Waals surface area (Å²) in [5, 5.41) is 7.21. The van der Waals surface area contributed by atoms with Crippen molar-refractivity contribution in [2.75, 3.05) is 5.32 Å². The first-order chi connectivity index (χ1) is 7.72. The van der Waals surface area contributed by atoms with Crippen LogP contribution in [0.3, 0.4) is 0 Å². The number of carbonyl (C=O) groups is 1. The molecule has 1 fully saturated rings. The van der Waals surface area contributed by atoms with Crippen LogP contribution in [-0.4, -0.2) is 15.7 Å². The van der Waals surface area contributed by atoms with Gasteiger partial charge in [-0.05, 0) is 26.2 Å². The average molecular weight is 221 g/mol. The number of nitrogens with one attached hydrogen (secondary N) is 1. The van der Waals surface area contributed by atoms with Gasteiger partial charge in [0.1, 0.15) is 5.82 Å². The number of aromatic nitrogens is 2. The predicted octanol–water partition coefficient (Wildman–Crippen LogP) is 2.59. The van der Waals surface area contributed by atoms with Crippen molar-refractivity contribution in [1.29, 1.82) is 0 Å². The highest BCUT2D eigenvalue weighted by molar-refractivity contribution is 5.92. The van der Waals surface area contributed by atoms with Gasteiger partial charge in [-0.2, -0.15) is 5.10 Å². The van der Waals surface area contributed by atoms with Crippen LogP contribution in [-0.2, 0) is 4.79 Å². The molecule has 1 aromatic heterocycles. The summed E-state index contributed by atoms with van der Waals surface area (Å²) in [4.78, 5) is 11.8. The summed E-state index contributed by atoms with van der Waals surface area (Å²) < 4.78 is 1.89. The van der Waals surface area contributed by atoms with E-state index in [1.54, 1.807) is 6.20 Å². The molecule has 1 aromatic rings. The molecule has 2 rings (SSSR count). The van der Waals surface area contributed by atoms with Crippen LogP contribution in [0.2, 0.25) is 0 Å². The van der Waals surface area contributed by atoms with Crippen molar-refractivity contribution in [3.05, 3.63) is 12.3 Å². The first kappa shape index (κ1) is 11.2. The normalized spacial score (nSPS) is 17.9. The summed E-state index contributed by atoms with van der Waals surface area (Å²) in [5.74, 6) is 1.20. The van der Waals surface area contributed by atoms with Crippen molar-refractivity contribution in [2.24, 2.45) is 5.92 Å². The fourth-order valence-electron chi connectivity index (χ4n) is 1.84. The number of anilines is 1. The summed E-state index contributed by atoms with van der Waals surface area (Å²) in [7, 11) is 0. The first-order valence-electron chi connectivity index (χ1n) is 6.06. The molecule has 4 heteroatoms. The highest BCUT2D eigenvalue weighted by atomic mass is 16.2. The van der Waals surface area contributed by atoms with E-state index in [2.05, 4.69) is 24.3 Å². The van der Waals surface area contributed by atoms with E-state index in [1.807, 2.05) is 10.7 Å². The van der Waals surface area contributed by atoms with Crippen molar-refractivity contribution in [3.8, 4) is 0 Å². The highest BCUT2D eigenvalue weighted by Gasteiger charge is 2.26. The Kier molecular flexibility index (Phi) is 3.27. The summed E-state index contributed by atoms with van der Waals surface area (Å²) >= 11 is 0. The van der Waals surface area contributed by atoms with Crippen molar-refractivity contribution in [1.82, 2.24) is 9.78 Å². The second kappa shape index (κ2) is 4.68. The van der Waals surface area contributed by atoms with Crippen LogP contribution in [0, 0.1) is 5.92 Å². The van der Waals surface area contributed by atoms with Gasteiger partial charge in [-0.25, -0.2) is 4.68 Å². The summed E-state index contributed by atoms with van der Waals surface area (Å²) in [6.07, 6.45) is 5.99. The molecule has 0 bridgehead atoms. The fraction of sp³-hybridized carbons (Fsp3) is 0.667. The number of hydrogen-bond donors (Lipinski definition) is 1. The number of hydrogen-bond acceptors (Lipinski definition) is 2. The van der Waals surface area contributed by atoms with Crippen LogP contribution in [0.5, 0.6) is 0 Å². The van der Waals surface area contributed by atoms with Gasteiger partial charge >= 0.3 is 0 Å². The molecule has 1 heterocycles. The van der Waals surface area contributed by atoms with E-state index in [9.17, 15) is 4.79 Å². The van der Waals surface area contributed by atoms with E-state index in [1.165, 1.54) is 6.42 Å². The van der Waals surface area contributed by atoms with E-state index in [0.717, 1.165) is 25.1 Å². The molecule has 1 aliphatic carbocycles. The third-order valence-corrected chi connectivity index (χ3v) is 3.41. The number of rotatable bonds is 4. The molecule has 88 valence electrons. The Bertz CT molecular complexity index is 368. The van der Waals surface area contributed by atoms with E-state index in [4.69, 9.17) is 0 Å². The predicted molar refractivity (Wildman–Crippen MR) is 63.2 cm³/mol. The summed E-state index contributed by atoms with van der Waals surface area (Å²) in [5.41, 5.74) is 0. The molecule has 4 nitrogen and oxygen atoms in total. The molecule has 1 unspecified atom stereocenters. The molecule has 1 saturated carbocycles. The lowest BCUT2D eigenvalue weighted by molar-refractivity contribution is -0.122. The van der Waals surface area contributed by atoms with Crippen LogP contribution in [0.1, 0.15) is 45.6 Å². The lowest BCUT2D eigenvalue weighted by Gasteiger charge is -2.24. The Morgan fingerprint density at radius 2 is 2.44 bits per heavy atom. The quantitative estimate of drug-likeness (QED) is 0.849. The molecule has 0 aliphatic heterocycles. The number of amides is 1. The van der Waals surface area contributed by atoms with Gasteiger partial charge in [-0.1, -0.05) is 13.3 Å². The van der Waals surface area contributed by atoms with E-state index in [0.29, 0.717) is 6.04 Å². The maximum Gasteiger partial charge on any atom is 0.228 e. The van der Waals surface area contributed by atoms with Crippen molar-refractivity contribution >= 4 is 11.7 Å². The zero-order valence-electron chi connectivity index (χ0n) is 9.94. The third-order valence-electron chi connectivity index (χ3n) is 3.41. The van der Waals surface area contributed by atoms with Gasteiger partial charge in [0.25, 0.3) is 0 Å². The van der Waals surface area contributed by atoms with Gasteiger partial charge in [0, 0.05) is 12.0 Å². The van der Waals surface area contributed by atoms with Crippen molar-refractivity contribution < 1.29 is 4.79 Å². The second-order valence-electron chi connectivity index (χ2n) is 4.54. The lowest BCUT2D eigenvalue weighted by Crippen LogP contribution is -2.29. The molecule has 0 aromatic carbocycles. The standard InChI is InChI=1S/C12H19N3O/c1-3-9(2)15-11(7-8-13-15)14-12(16)10-5-4-6-10/h7-10H,3-6H2,1-2H3,(H,14,16). The van der Waals surface area contributed by atoms with Crippen LogP contribution < -0.4 is 5.32 Å². The molecule has 1 atom stereocenters. The number of nitrogens with zero attached hydrogens (tertiary/aromatic N) is 2. The topological polar surface area (TPSA) is 46.9 Å². The van der Waals surface area contributed by atoms with Gasteiger partial charge < -0.3 is 5.32 Å². The van der Waals surface area contributed by atoms with Crippen LogP contribution >= 0.6 is 0 Å². The SMILES string of the molecule is CCC(C)n1nccc1NC(=O)C1CCC1. The molecular weight excluding hydrogens is 202 g/mol. The Hall–Kier alpha value is -1.32. The third kappa shape index (κ3) is 2.10. The molecule has 0 radical (unpaired) electrons. The zero-order chi connectivity index (χ0) is 11.5. The fourth-order valence-corrected chi connectivity index (χ4v) is 1.84. The number of carbonyl (C=O) groups excluding carboxylic acids is 1. The maximum atomic E-state index is 11.8. The van der Waals surface area contributed by atoms with Gasteiger partial charge in [0.2, 0.25) is 5.91 Å². The average Bonchev–Trinajstić information content (AvgIpc) is 2.62. The second-order valence-corrected chi connectivity index (χ2v) is 4.54. The minimum atomic E-state index is 0.149. The minimum Gasteiger partial charge on any atom is -0.311 e. The summed E-state index contributed by atoms with van der Waals surface area (Å²) in [6.45, 7) is 4.22. The van der Waals surface area contributed by atoms with E-state index in [-0.39, 0.29) is 11.8 Å². The Morgan fingerprint density at radius 1 is 1.69 bits per heavy atom. The zero-order valence-corrected chi connectivity index (χ0v) is 9.94. The molecule has 1 aliphatic rings. The van der Waals surface area contributed by atoms with Crippen molar-refractivity contribution in [3.63, 3.8) is 0 Å². The molecular formula is C12H19N3O. The van der Waals surface area contributed by atoms with Gasteiger partial charge in [-0.3, -0.25) is 4.79 Å². The smallest absolute Gasteiger partial charge is 0.228 e. The highest BCUT2D eigenvalue weighted by Crippen LogP contribution is 2.28. The van der Waals surface area contributed by atoms with Crippen LogP contribution in [0.15, 0.2) is 12.3 Å². The Labute approximate surface area is 96.0 Å². The van der Waals surface area contributed by atoms with Gasteiger partial charge in [0.15, 0.2) is 0 Å². The lowest BCUT2D eigenvalue weighted by atomic mass is 9.85. The Morgan fingerprint density at radius 3 is 3.00 bits per heavy atom. The van der Waals surface area contributed by atoms with Crippen LogP contribution in [0.4, 0.5) is 5.82 Å². The van der Waals surface area contributed by atoms with Gasteiger partial charge in [0.05, 0.1) is 12.2 Å². The van der Waals surface area contributed by atoms with E-state index < -0.39 is 0 Å². The minimum absolute atomic E-state index is 0.149. The molecule has 16 heavy (non-hydrogen) atoms. The van der Waals surface area contributed by atoms with E-state index >= 15 is 0 Å². The molecule has 1 amide bonds. The molecule has 0 saturated heterocycles.